The molecule has 0 saturated carbocycles. The van der Waals surface area contributed by atoms with Crippen molar-refractivity contribution in [3.8, 4) is 0 Å². The number of rotatable bonds is 5. The zero-order chi connectivity index (χ0) is 17.1. The summed E-state index contributed by atoms with van der Waals surface area (Å²) in [7, 11) is 5.65. The lowest BCUT2D eigenvalue weighted by Gasteiger charge is -2.22. The molecule has 140 valence electrons. The van der Waals surface area contributed by atoms with Crippen LogP contribution in [0.5, 0.6) is 0 Å². The Labute approximate surface area is 166 Å². The van der Waals surface area contributed by atoms with Gasteiger partial charge in [0.1, 0.15) is 5.82 Å². The topological polar surface area (TPSA) is 48.9 Å². The van der Waals surface area contributed by atoms with E-state index in [1.807, 2.05) is 31.1 Å². The molecule has 0 amide bonds. The summed E-state index contributed by atoms with van der Waals surface area (Å²) in [6.45, 7) is 1.21. The monoisotopic (exact) mass is 462 g/mol. The van der Waals surface area contributed by atoms with Gasteiger partial charge in [0.15, 0.2) is 5.96 Å². The number of hydrogen-bond donors (Lipinski definition) is 2. The standard InChI is InChI=1S/C18H27FN4O.HI/c1-20-18(22-16-9-14-5-7-17(16)24-14)21-10-12-4-6-15(19)13(8-12)11-23(2)3;/h4,6,8,14,16-17H,5,7,9-11H2,1-3H3,(H2,20,21,22);1H. The summed E-state index contributed by atoms with van der Waals surface area (Å²) < 4.78 is 19.7. The molecule has 3 rings (SSSR count). The Kier molecular flexibility index (Phi) is 7.45. The van der Waals surface area contributed by atoms with Gasteiger partial charge in [-0.25, -0.2) is 4.39 Å². The van der Waals surface area contributed by atoms with Gasteiger partial charge in [0.25, 0.3) is 0 Å². The molecule has 2 N–H and O–H groups in total. The number of fused-ring (bicyclic) bond motifs is 2. The smallest absolute Gasteiger partial charge is 0.191 e. The summed E-state index contributed by atoms with van der Waals surface area (Å²) in [5, 5.41) is 6.78. The van der Waals surface area contributed by atoms with Gasteiger partial charge in [0.2, 0.25) is 0 Å². The van der Waals surface area contributed by atoms with E-state index in [1.165, 1.54) is 12.5 Å². The van der Waals surface area contributed by atoms with Gasteiger partial charge in [-0.3, -0.25) is 4.99 Å². The maximum Gasteiger partial charge on any atom is 0.191 e. The first-order chi connectivity index (χ1) is 11.5. The van der Waals surface area contributed by atoms with Crippen molar-refractivity contribution < 1.29 is 9.13 Å². The quantitative estimate of drug-likeness (QED) is 0.401. The Hall–Kier alpha value is -0.930. The van der Waals surface area contributed by atoms with Crippen molar-refractivity contribution in [2.75, 3.05) is 21.1 Å². The van der Waals surface area contributed by atoms with Crippen LogP contribution in [-0.2, 0) is 17.8 Å². The van der Waals surface area contributed by atoms with Crippen LogP contribution in [0, 0.1) is 5.82 Å². The van der Waals surface area contributed by atoms with Crippen LogP contribution < -0.4 is 10.6 Å². The van der Waals surface area contributed by atoms with Gasteiger partial charge < -0.3 is 20.3 Å². The van der Waals surface area contributed by atoms with Crippen LogP contribution in [0.25, 0.3) is 0 Å². The molecule has 2 fully saturated rings. The predicted octanol–water partition coefficient (Wildman–Crippen LogP) is 2.49. The van der Waals surface area contributed by atoms with Crippen LogP contribution >= 0.6 is 24.0 Å². The largest absolute Gasteiger partial charge is 0.373 e. The van der Waals surface area contributed by atoms with Crippen LogP contribution in [0.3, 0.4) is 0 Å². The fourth-order valence-electron chi connectivity index (χ4n) is 3.55. The summed E-state index contributed by atoms with van der Waals surface area (Å²) in [4.78, 5) is 6.26. The molecule has 1 aromatic carbocycles. The Morgan fingerprint density at radius 1 is 1.36 bits per heavy atom. The molecule has 0 aromatic heterocycles. The number of aliphatic imine (C=N–C) groups is 1. The van der Waals surface area contributed by atoms with Crippen LogP contribution in [0.1, 0.15) is 30.4 Å². The predicted molar refractivity (Wildman–Crippen MR) is 109 cm³/mol. The highest BCUT2D eigenvalue weighted by Crippen LogP contribution is 2.34. The van der Waals surface area contributed by atoms with Crippen molar-refractivity contribution >= 4 is 29.9 Å². The van der Waals surface area contributed by atoms with Gasteiger partial charge in [-0.05, 0) is 51.1 Å². The first-order valence-electron chi connectivity index (χ1n) is 8.60. The molecule has 0 radical (unpaired) electrons. The first kappa shape index (κ1) is 20.4. The average Bonchev–Trinajstić information content (AvgIpc) is 3.16. The fourth-order valence-corrected chi connectivity index (χ4v) is 3.55. The first-order valence-corrected chi connectivity index (χ1v) is 8.60. The normalized spacial score (nSPS) is 25.2. The Morgan fingerprint density at radius 3 is 2.76 bits per heavy atom. The third kappa shape index (κ3) is 5.27. The highest BCUT2D eigenvalue weighted by atomic mass is 127. The van der Waals surface area contributed by atoms with Crippen molar-refractivity contribution in [3.63, 3.8) is 0 Å². The number of nitrogens with zero attached hydrogens (tertiary/aromatic N) is 2. The van der Waals surface area contributed by atoms with Gasteiger partial charge in [0, 0.05) is 25.7 Å². The molecule has 25 heavy (non-hydrogen) atoms. The minimum Gasteiger partial charge on any atom is -0.373 e. The second-order valence-electron chi connectivity index (χ2n) is 6.95. The summed E-state index contributed by atoms with van der Waals surface area (Å²) in [5.41, 5.74) is 1.75. The van der Waals surface area contributed by atoms with E-state index in [0.717, 1.165) is 24.4 Å². The van der Waals surface area contributed by atoms with Gasteiger partial charge in [-0.15, -0.1) is 24.0 Å². The van der Waals surface area contributed by atoms with E-state index < -0.39 is 0 Å². The third-order valence-corrected chi connectivity index (χ3v) is 4.71. The molecular formula is C18H28FIN4O. The van der Waals surface area contributed by atoms with Gasteiger partial charge in [-0.1, -0.05) is 6.07 Å². The number of nitrogens with one attached hydrogen (secondary N) is 2. The maximum atomic E-state index is 13.9. The lowest BCUT2D eigenvalue weighted by molar-refractivity contribution is 0.0992. The van der Waals surface area contributed by atoms with Crippen LogP contribution in [0.15, 0.2) is 23.2 Å². The minimum atomic E-state index is -0.158. The van der Waals surface area contributed by atoms with E-state index in [2.05, 4.69) is 15.6 Å². The zero-order valence-electron chi connectivity index (χ0n) is 15.1. The lowest BCUT2D eigenvalue weighted by Crippen LogP contribution is -2.47. The summed E-state index contributed by atoms with van der Waals surface area (Å²) in [6, 6.07) is 5.61. The summed E-state index contributed by atoms with van der Waals surface area (Å²) in [5.74, 6) is 0.615. The summed E-state index contributed by atoms with van der Waals surface area (Å²) in [6.07, 6.45) is 4.08. The Bertz CT molecular complexity index is 611. The number of hydrogen-bond acceptors (Lipinski definition) is 3. The number of ether oxygens (including phenoxy) is 1. The number of halogens is 2. The van der Waals surface area contributed by atoms with Crippen molar-refractivity contribution in [2.24, 2.45) is 4.99 Å². The third-order valence-electron chi connectivity index (χ3n) is 4.71. The lowest BCUT2D eigenvalue weighted by atomic mass is 9.96. The highest BCUT2D eigenvalue weighted by molar-refractivity contribution is 14.0. The zero-order valence-corrected chi connectivity index (χ0v) is 17.4. The van der Waals surface area contributed by atoms with Crippen molar-refractivity contribution in [3.05, 3.63) is 35.1 Å². The molecule has 2 aliphatic heterocycles. The molecule has 2 aliphatic rings. The highest BCUT2D eigenvalue weighted by Gasteiger charge is 2.41. The van der Waals surface area contributed by atoms with Crippen LogP contribution in [0.4, 0.5) is 4.39 Å². The SMILES string of the molecule is CN=C(NCc1ccc(F)c(CN(C)C)c1)NC1CC2CCC1O2.I. The number of benzene rings is 1. The molecule has 5 nitrogen and oxygen atoms in total. The molecular weight excluding hydrogens is 434 g/mol. The molecule has 0 spiro atoms. The van der Waals surface area contributed by atoms with Gasteiger partial charge in [-0.2, -0.15) is 0 Å². The Balaban J connectivity index is 0.00000225. The second kappa shape index (κ2) is 9.14. The Morgan fingerprint density at radius 2 is 2.16 bits per heavy atom. The molecule has 3 atom stereocenters. The molecule has 2 heterocycles. The maximum absolute atomic E-state index is 13.9. The molecule has 0 aliphatic carbocycles. The molecule has 2 bridgehead atoms. The van der Waals surface area contributed by atoms with Crippen LogP contribution in [-0.4, -0.2) is 50.3 Å². The average molecular weight is 462 g/mol. The van der Waals surface area contributed by atoms with Crippen molar-refractivity contribution in [1.82, 2.24) is 15.5 Å². The van der Waals surface area contributed by atoms with Crippen LogP contribution in [0.2, 0.25) is 0 Å². The fraction of sp³-hybridized carbons (Fsp3) is 0.611. The second-order valence-corrected chi connectivity index (χ2v) is 6.95. The van der Waals surface area contributed by atoms with E-state index in [-0.39, 0.29) is 29.8 Å². The summed E-state index contributed by atoms with van der Waals surface area (Å²) >= 11 is 0. The van der Waals surface area contributed by atoms with E-state index in [9.17, 15) is 4.39 Å². The van der Waals surface area contributed by atoms with Crippen molar-refractivity contribution in [1.29, 1.82) is 0 Å². The molecule has 1 aromatic rings. The van der Waals surface area contributed by atoms with E-state index >= 15 is 0 Å². The minimum absolute atomic E-state index is 0. The van der Waals surface area contributed by atoms with Gasteiger partial charge >= 0.3 is 0 Å². The van der Waals surface area contributed by atoms with E-state index in [4.69, 9.17) is 4.74 Å². The van der Waals surface area contributed by atoms with E-state index in [0.29, 0.717) is 36.9 Å². The van der Waals surface area contributed by atoms with Crippen molar-refractivity contribution in [2.45, 2.75) is 50.6 Å². The molecule has 3 unspecified atom stereocenters. The number of guanidine groups is 1. The van der Waals surface area contributed by atoms with E-state index in [1.54, 1.807) is 7.05 Å². The molecule has 7 heteroatoms. The molecule has 2 saturated heterocycles. The van der Waals surface area contributed by atoms with Gasteiger partial charge in [0.05, 0.1) is 18.2 Å².